The number of halogens is 2. The van der Waals surface area contributed by atoms with Gasteiger partial charge in [0.05, 0.1) is 28.9 Å². The van der Waals surface area contributed by atoms with Gasteiger partial charge in [0.2, 0.25) is 5.91 Å². The van der Waals surface area contributed by atoms with Crippen molar-refractivity contribution in [3.8, 4) is 0 Å². The Morgan fingerprint density at radius 1 is 1.07 bits per heavy atom. The van der Waals surface area contributed by atoms with Crippen molar-refractivity contribution in [1.29, 1.82) is 0 Å². The maximum atomic E-state index is 14.1. The molecular formula is C31H40Cl2N4O4. The number of alkyl carbamates (subject to hydrolysis) is 1. The van der Waals surface area contributed by atoms with Crippen LogP contribution in [0.15, 0.2) is 53.3 Å². The number of hydrogen-bond donors (Lipinski definition) is 1. The number of benzene rings is 2. The van der Waals surface area contributed by atoms with E-state index in [0.717, 1.165) is 5.56 Å². The Bertz CT molecular complexity index is 1430. The van der Waals surface area contributed by atoms with Crippen molar-refractivity contribution in [2.24, 2.45) is 11.3 Å². The number of alkyl halides is 1. The SMILES string of the molecule is CC(C)C(c1nc2cc(Cl)ccc2c(=O)n1Cc1ccccc1)N(CCNC(=O)OC(C)(C)C)C(=O)C(C)(C)CCl. The lowest BCUT2D eigenvalue weighted by Gasteiger charge is -2.39. The van der Waals surface area contributed by atoms with Crippen molar-refractivity contribution in [3.63, 3.8) is 0 Å². The van der Waals surface area contributed by atoms with Crippen LogP contribution in [0.25, 0.3) is 10.9 Å². The Hall–Kier alpha value is -3.10. The highest BCUT2D eigenvalue weighted by Crippen LogP contribution is 2.33. The molecule has 10 heteroatoms. The van der Waals surface area contributed by atoms with Gasteiger partial charge in [-0.15, -0.1) is 11.6 Å². The fraction of sp³-hybridized carbons (Fsp3) is 0.484. The summed E-state index contributed by atoms with van der Waals surface area (Å²) in [6.07, 6.45) is -0.581. The number of hydrogen-bond acceptors (Lipinski definition) is 5. The van der Waals surface area contributed by atoms with E-state index in [2.05, 4.69) is 5.32 Å². The van der Waals surface area contributed by atoms with E-state index in [0.29, 0.717) is 21.7 Å². The lowest BCUT2D eigenvalue weighted by molar-refractivity contribution is -0.143. The molecule has 0 bridgehead atoms. The van der Waals surface area contributed by atoms with Crippen LogP contribution in [-0.2, 0) is 16.1 Å². The van der Waals surface area contributed by atoms with Crippen LogP contribution in [0.2, 0.25) is 5.02 Å². The van der Waals surface area contributed by atoms with Crippen LogP contribution in [-0.4, -0.2) is 51.0 Å². The second-order valence-corrected chi connectivity index (χ2v) is 12.8. The standard InChI is InChI=1S/C31H40Cl2N4O4/c1-20(2)25(36(28(39)31(6,7)19-32)16-15-34-29(40)41-30(3,4)5)26-35-24-17-22(33)13-14-23(24)27(38)37(26)18-21-11-9-8-10-12-21/h8-14,17,20,25H,15-16,18-19H2,1-7H3,(H,34,40). The zero-order chi connectivity index (χ0) is 30.5. The molecule has 2 amide bonds. The number of rotatable bonds is 10. The molecular weight excluding hydrogens is 563 g/mol. The zero-order valence-corrected chi connectivity index (χ0v) is 26.3. The summed E-state index contributed by atoms with van der Waals surface area (Å²) in [7, 11) is 0. The molecule has 0 fully saturated rings. The predicted molar refractivity (Wildman–Crippen MR) is 165 cm³/mol. The van der Waals surface area contributed by atoms with E-state index in [9.17, 15) is 14.4 Å². The Morgan fingerprint density at radius 3 is 2.32 bits per heavy atom. The molecule has 3 aromatic rings. The first kappa shape index (κ1) is 32.4. The van der Waals surface area contributed by atoms with E-state index in [1.807, 2.05) is 44.2 Å². The summed E-state index contributed by atoms with van der Waals surface area (Å²) in [4.78, 5) is 47.0. The quantitative estimate of drug-likeness (QED) is 0.270. The van der Waals surface area contributed by atoms with Crippen molar-refractivity contribution < 1.29 is 14.3 Å². The molecule has 0 saturated carbocycles. The number of nitrogens with zero attached hydrogens (tertiary/aromatic N) is 3. The number of carbonyl (C=O) groups is 2. The van der Waals surface area contributed by atoms with Gasteiger partial charge in [0, 0.05) is 24.0 Å². The van der Waals surface area contributed by atoms with Crippen LogP contribution in [0.4, 0.5) is 4.79 Å². The van der Waals surface area contributed by atoms with E-state index in [1.165, 1.54) is 0 Å². The lowest BCUT2D eigenvalue weighted by atomic mass is 9.91. The average Bonchev–Trinajstić information content (AvgIpc) is 2.88. The molecule has 0 aliphatic carbocycles. The van der Waals surface area contributed by atoms with Crippen molar-refractivity contribution >= 4 is 46.1 Å². The fourth-order valence-electron chi connectivity index (χ4n) is 4.56. The lowest BCUT2D eigenvalue weighted by Crippen LogP contribution is -2.50. The molecule has 41 heavy (non-hydrogen) atoms. The molecule has 1 heterocycles. The van der Waals surface area contributed by atoms with Gasteiger partial charge in [0.1, 0.15) is 11.4 Å². The molecule has 0 aliphatic heterocycles. The van der Waals surface area contributed by atoms with Crippen LogP contribution in [0.3, 0.4) is 0 Å². The smallest absolute Gasteiger partial charge is 0.407 e. The maximum Gasteiger partial charge on any atom is 0.407 e. The molecule has 1 unspecified atom stereocenters. The normalized spacial score (nSPS) is 12.8. The van der Waals surface area contributed by atoms with Crippen LogP contribution >= 0.6 is 23.2 Å². The summed E-state index contributed by atoms with van der Waals surface area (Å²) >= 11 is 12.5. The van der Waals surface area contributed by atoms with Gasteiger partial charge >= 0.3 is 6.09 Å². The third-order valence-corrected chi connectivity index (χ3v) is 7.46. The van der Waals surface area contributed by atoms with E-state index in [-0.39, 0.29) is 42.9 Å². The summed E-state index contributed by atoms with van der Waals surface area (Å²) in [6.45, 7) is 13.4. The zero-order valence-electron chi connectivity index (χ0n) is 24.8. The van der Waals surface area contributed by atoms with Crippen molar-refractivity contribution in [3.05, 3.63) is 75.3 Å². The predicted octanol–water partition coefficient (Wildman–Crippen LogP) is 6.41. The molecule has 1 aromatic heterocycles. The molecule has 0 saturated heterocycles. The number of aromatic nitrogens is 2. The number of fused-ring (bicyclic) bond motifs is 1. The summed E-state index contributed by atoms with van der Waals surface area (Å²) < 4.78 is 7.01. The largest absolute Gasteiger partial charge is 0.444 e. The van der Waals surface area contributed by atoms with Gasteiger partial charge in [-0.25, -0.2) is 9.78 Å². The van der Waals surface area contributed by atoms with E-state index in [1.54, 1.807) is 62.3 Å². The first-order valence-corrected chi connectivity index (χ1v) is 14.6. The minimum Gasteiger partial charge on any atom is -0.444 e. The fourth-order valence-corrected chi connectivity index (χ4v) is 4.84. The maximum absolute atomic E-state index is 14.1. The molecule has 1 N–H and O–H groups in total. The number of nitrogens with one attached hydrogen (secondary N) is 1. The Labute approximate surface area is 252 Å². The number of carbonyl (C=O) groups excluding carboxylic acids is 2. The highest BCUT2D eigenvalue weighted by Gasteiger charge is 2.38. The first-order chi connectivity index (χ1) is 19.1. The molecule has 3 rings (SSSR count). The van der Waals surface area contributed by atoms with Gasteiger partial charge in [0.25, 0.3) is 5.56 Å². The van der Waals surface area contributed by atoms with Crippen LogP contribution in [0.1, 0.15) is 65.9 Å². The molecule has 2 aromatic carbocycles. The second-order valence-electron chi connectivity index (χ2n) is 12.1. The summed E-state index contributed by atoms with van der Waals surface area (Å²) in [5.41, 5.74) is -0.440. The van der Waals surface area contributed by atoms with Crippen molar-refractivity contribution in [1.82, 2.24) is 19.8 Å². The monoisotopic (exact) mass is 602 g/mol. The van der Waals surface area contributed by atoms with Crippen molar-refractivity contribution in [2.75, 3.05) is 19.0 Å². The van der Waals surface area contributed by atoms with Gasteiger partial charge in [-0.05, 0) is 64.3 Å². The van der Waals surface area contributed by atoms with Gasteiger partial charge < -0.3 is 15.0 Å². The number of ether oxygens (including phenoxy) is 1. The summed E-state index contributed by atoms with van der Waals surface area (Å²) in [5, 5.41) is 3.63. The molecule has 0 aliphatic rings. The van der Waals surface area contributed by atoms with Crippen LogP contribution < -0.4 is 10.9 Å². The molecule has 222 valence electrons. The molecule has 0 radical (unpaired) electrons. The first-order valence-electron chi connectivity index (χ1n) is 13.7. The molecule has 8 nitrogen and oxygen atoms in total. The Kier molecular flexibility index (Phi) is 10.5. The van der Waals surface area contributed by atoms with Gasteiger partial charge in [-0.2, -0.15) is 0 Å². The van der Waals surface area contributed by atoms with Crippen molar-refractivity contribution in [2.45, 2.75) is 66.7 Å². The van der Waals surface area contributed by atoms with Crippen LogP contribution in [0.5, 0.6) is 0 Å². The van der Waals surface area contributed by atoms with Gasteiger partial charge in [0.15, 0.2) is 0 Å². The van der Waals surface area contributed by atoms with E-state index >= 15 is 0 Å². The molecule has 0 spiro atoms. The number of amides is 2. The topological polar surface area (TPSA) is 93.5 Å². The minimum atomic E-state index is -0.911. The minimum absolute atomic E-state index is 0.0875. The summed E-state index contributed by atoms with van der Waals surface area (Å²) in [6, 6.07) is 14.0. The van der Waals surface area contributed by atoms with Crippen LogP contribution in [0, 0.1) is 11.3 Å². The van der Waals surface area contributed by atoms with E-state index < -0.39 is 23.2 Å². The Balaban J connectivity index is 2.17. The molecule has 1 atom stereocenters. The highest BCUT2D eigenvalue weighted by molar-refractivity contribution is 6.31. The summed E-state index contributed by atoms with van der Waals surface area (Å²) in [5.74, 6) is 0.144. The Morgan fingerprint density at radius 2 is 1.73 bits per heavy atom. The average molecular weight is 604 g/mol. The second kappa shape index (κ2) is 13.3. The third kappa shape index (κ3) is 8.23. The van der Waals surface area contributed by atoms with E-state index in [4.69, 9.17) is 32.9 Å². The highest BCUT2D eigenvalue weighted by atomic mass is 35.5. The van der Waals surface area contributed by atoms with Gasteiger partial charge in [-0.3, -0.25) is 14.2 Å². The third-order valence-electron chi connectivity index (χ3n) is 6.56. The van der Waals surface area contributed by atoms with Gasteiger partial charge in [-0.1, -0.05) is 55.8 Å².